The highest BCUT2D eigenvalue weighted by Gasteiger charge is 2.30. The van der Waals surface area contributed by atoms with Crippen molar-refractivity contribution in [1.82, 2.24) is 0 Å². The van der Waals surface area contributed by atoms with E-state index < -0.39 is 0 Å². The fourth-order valence-corrected chi connectivity index (χ4v) is 2.41. The van der Waals surface area contributed by atoms with Crippen LogP contribution in [0.2, 0.25) is 5.02 Å². The maximum Gasteiger partial charge on any atom is 0.0465 e. The second kappa shape index (κ2) is 3.32. The first-order chi connectivity index (χ1) is 6.61. The molecule has 1 aliphatic heterocycles. The van der Waals surface area contributed by atoms with Gasteiger partial charge in [0.1, 0.15) is 0 Å². The van der Waals surface area contributed by atoms with Gasteiger partial charge in [-0.15, -0.1) is 0 Å². The Morgan fingerprint density at radius 3 is 2.79 bits per heavy atom. The van der Waals surface area contributed by atoms with Gasteiger partial charge >= 0.3 is 0 Å². The standard InChI is InChI=1S/C12H14ClN/c1-7(2)11-8(3)14-10-6-4-5-9(13)12(10)11/h4-7,11,14H,3H2,1-2H3. The van der Waals surface area contributed by atoms with E-state index in [9.17, 15) is 0 Å². The topological polar surface area (TPSA) is 12.0 Å². The minimum absolute atomic E-state index is 0.346. The summed E-state index contributed by atoms with van der Waals surface area (Å²) in [5, 5.41) is 4.13. The predicted octanol–water partition coefficient (Wildman–Crippen LogP) is 4.02. The normalized spacial score (nSPS) is 19.7. The monoisotopic (exact) mass is 207 g/mol. The molecule has 1 aromatic carbocycles. The van der Waals surface area contributed by atoms with Gasteiger partial charge in [0.2, 0.25) is 0 Å². The van der Waals surface area contributed by atoms with E-state index in [4.69, 9.17) is 11.6 Å². The van der Waals surface area contributed by atoms with E-state index in [1.165, 1.54) is 5.56 Å². The SMILES string of the molecule is C=C1Nc2cccc(Cl)c2C1C(C)C. The van der Waals surface area contributed by atoms with Gasteiger partial charge in [0.15, 0.2) is 0 Å². The molecule has 2 heteroatoms. The van der Waals surface area contributed by atoms with E-state index in [0.29, 0.717) is 11.8 Å². The summed E-state index contributed by atoms with van der Waals surface area (Å²) in [5.74, 6) is 0.870. The average Bonchev–Trinajstić information content (AvgIpc) is 2.42. The fraction of sp³-hybridized carbons (Fsp3) is 0.333. The van der Waals surface area contributed by atoms with Crippen molar-refractivity contribution < 1.29 is 0 Å². The molecule has 1 aromatic rings. The molecule has 1 unspecified atom stereocenters. The second-order valence-corrected chi connectivity index (χ2v) is 4.48. The minimum atomic E-state index is 0.346. The minimum Gasteiger partial charge on any atom is -0.359 e. The van der Waals surface area contributed by atoms with E-state index in [1.807, 2.05) is 12.1 Å². The van der Waals surface area contributed by atoms with Crippen molar-refractivity contribution in [3.05, 3.63) is 41.1 Å². The third kappa shape index (κ3) is 1.32. The molecule has 74 valence electrons. The number of allylic oxidation sites excluding steroid dienone is 1. The summed E-state index contributed by atoms with van der Waals surface area (Å²) in [6, 6.07) is 5.95. The lowest BCUT2D eigenvalue weighted by Gasteiger charge is -2.16. The molecule has 2 rings (SSSR count). The van der Waals surface area contributed by atoms with E-state index in [1.54, 1.807) is 0 Å². The molecule has 0 saturated heterocycles. The predicted molar refractivity (Wildman–Crippen MR) is 61.8 cm³/mol. The number of hydrogen-bond acceptors (Lipinski definition) is 1. The molecule has 0 fully saturated rings. The summed E-state index contributed by atoms with van der Waals surface area (Å²) in [6.07, 6.45) is 0. The quantitative estimate of drug-likeness (QED) is 0.734. The van der Waals surface area contributed by atoms with E-state index in [0.717, 1.165) is 16.4 Å². The summed E-state index contributed by atoms with van der Waals surface area (Å²) in [4.78, 5) is 0. The Bertz CT molecular complexity index is 382. The van der Waals surface area contributed by atoms with Crippen LogP contribution in [0.3, 0.4) is 0 Å². The molecule has 0 aromatic heterocycles. The Morgan fingerprint density at radius 2 is 2.14 bits per heavy atom. The molecule has 0 bridgehead atoms. The van der Waals surface area contributed by atoms with Gasteiger partial charge in [0, 0.05) is 27.9 Å². The van der Waals surface area contributed by atoms with E-state index in [2.05, 4.69) is 31.8 Å². The van der Waals surface area contributed by atoms with Gasteiger partial charge in [-0.1, -0.05) is 38.1 Å². The highest BCUT2D eigenvalue weighted by molar-refractivity contribution is 6.32. The number of rotatable bonds is 1. The molecule has 0 spiro atoms. The highest BCUT2D eigenvalue weighted by atomic mass is 35.5. The number of benzene rings is 1. The van der Waals surface area contributed by atoms with Crippen LogP contribution in [0.25, 0.3) is 0 Å². The van der Waals surface area contributed by atoms with Crippen molar-refractivity contribution in [2.24, 2.45) is 5.92 Å². The van der Waals surface area contributed by atoms with Crippen LogP contribution >= 0.6 is 11.6 Å². The molecule has 0 saturated carbocycles. The third-order valence-corrected chi connectivity index (χ3v) is 3.03. The smallest absolute Gasteiger partial charge is 0.0465 e. The fourth-order valence-electron chi connectivity index (χ4n) is 2.12. The van der Waals surface area contributed by atoms with Crippen LogP contribution in [0.1, 0.15) is 25.3 Å². The number of halogens is 1. The molecule has 0 radical (unpaired) electrons. The molecule has 1 atom stereocenters. The number of nitrogens with one attached hydrogen (secondary N) is 1. The van der Waals surface area contributed by atoms with E-state index >= 15 is 0 Å². The third-order valence-electron chi connectivity index (χ3n) is 2.70. The van der Waals surface area contributed by atoms with Crippen LogP contribution in [0.4, 0.5) is 5.69 Å². The van der Waals surface area contributed by atoms with Crippen LogP contribution < -0.4 is 5.32 Å². The first-order valence-electron chi connectivity index (χ1n) is 4.85. The summed E-state index contributed by atoms with van der Waals surface area (Å²) in [6.45, 7) is 8.42. The summed E-state index contributed by atoms with van der Waals surface area (Å²) >= 11 is 6.19. The second-order valence-electron chi connectivity index (χ2n) is 4.07. The molecular formula is C12H14ClN. The first kappa shape index (κ1) is 9.60. The Morgan fingerprint density at radius 1 is 1.43 bits per heavy atom. The largest absolute Gasteiger partial charge is 0.359 e. The number of anilines is 1. The molecule has 1 heterocycles. The Balaban J connectivity index is 2.55. The lowest BCUT2D eigenvalue weighted by atomic mass is 9.88. The molecule has 14 heavy (non-hydrogen) atoms. The molecule has 1 N–H and O–H groups in total. The Kier molecular flexibility index (Phi) is 2.28. The van der Waals surface area contributed by atoms with Crippen LogP contribution in [0.5, 0.6) is 0 Å². The molecule has 1 aliphatic rings. The maximum absolute atomic E-state index is 6.19. The number of hydrogen-bond donors (Lipinski definition) is 1. The van der Waals surface area contributed by atoms with Gasteiger partial charge in [0.25, 0.3) is 0 Å². The molecule has 0 aliphatic carbocycles. The van der Waals surface area contributed by atoms with Gasteiger partial charge in [-0.3, -0.25) is 0 Å². The van der Waals surface area contributed by atoms with Crippen molar-refractivity contribution in [1.29, 1.82) is 0 Å². The van der Waals surface area contributed by atoms with Crippen molar-refractivity contribution in [3.63, 3.8) is 0 Å². The van der Waals surface area contributed by atoms with Crippen molar-refractivity contribution in [2.45, 2.75) is 19.8 Å². The molecular weight excluding hydrogens is 194 g/mol. The van der Waals surface area contributed by atoms with Crippen LogP contribution in [0.15, 0.2) is 30.5 Å². The van der Waals surface area contributed by atoms with E-state index in [-0.39, 0.29) is 0 Å². The maximum atomic E-state index is 6.19. The zero-order chi connectivity index (χ0) is 10.3. The highest BCUT2D eigenvalue weighted by Crippen LogP contribution is 2.45. The summed E-state index contributed by atoms with van der Waals surface area (Å²) in [7, 11) is 0. The lowest BCUT2D eigenvalue weighted by molar-refractivity contribution is 0.571. The average molecular weight is 208 g/mol. The number of fused-ring (bicyclic) bond motifs is 1. The van der Waals surface area contributed by atoms with Crippen molar-refractivity contribution in [3.8, 4) is 0 Å². The van der Waals surface area contributed by atoms with Crippen LogP contribution in [-0.2, 0) is 0 Å². The van der Waals surface area contributed by atoms with Gasteiger partial charge in [0.05, 0.1) is 0 Å². The lowest BCUT2D eigenvalue weighted by Crippen LogP contribution is -2.06. The van der Waals surface area contributed by atoms with Gasteiger partial charge < -0.3 is 5.32 Å². The summed E-state index contributed by atoms with van der Waals surface area (Å²) < 4.78 is 0. The van der Waals surface area contributed by atoms with Crippen LogP contribution in [-0.4, -0.2) is 0 Å². The van der Waals surface area contributed by atoms with Gasteiger partial charge in [-0.25, -0.2) is 0 Å². The Hall–Kier alpha value is -0.950. The molecule has 0 amide bonds. The van der Waals surface area contributed by atoms with Gasteiger partial charge in [-0.05, 0) is 18.1 Å². The Labute approximate surface area is 89.8 Å². The summed E-state index contributed by atoms with van der Waals surface area (Å²) in [5.41, 5.74) is 3.37. The van der Waals surface area contributed by atoms with Crippen molar-refractivity contribution >= 4 is 17.3 Å². The van der Waals surface area contributed by atoms with Crippen LogP contribution in [0, 0.1) is 5.92 Å². The first-order valence-corrected chi connectivity index (χ1v) is 5.23. The van der Waals surface area contributed by atoms with Gasteiger partial charge in [-0.2, -0.15) is 0 Å². The molecule has 1 nitrogen and oxygen atoms in total. The zero-order valence-electron chi connectivity index (χ0n) is 8.47. The zero-order valence-corrected chi connectivity index (χ0v) is 9.23. The van der Waals surface area contributed by atoms with Crippen molar-refractivity contribution in [2.75, 3.05) is 5.32 Å².